The Morgan fingerprint density at radius 3 is 2.40 bits per heavy atom. The van der Waals surface area contributed by atoms with Crippen LogP contribution < -0.4 is 5.32 Å². The number of carbonyl (C=O) groups is 2. The van der Waals surface area contributed by atoms with Crippen LogP contribution in [0.15, 0.2) is 0 Å². The van der Waals surface area contributed by atoms with Gasteiger partial charge in [0.25, 0.3) is 0 Å². The summed E-state index contributed by atoms with van der Waals surface area (Å²) in [4.78, 5) is 27.9. The molecule has 0 aromatic carbocycles. The van der Waals surface area contributed by atoms with Crippen LogP contribution in [0.2, 0.25) is 0 Å². The molecule has 2 saturated heterocycles. The molecule has 1 N–H and O–H groups in total. The lowest BCUT2D eigenvalue weighted by Gasteiger charge is -2.41. The lowest BCUT2D eigenvalue weighted by atomic mass is 10.1. The van der Waals surface area contributed by atoms with Gasteiger partial charge in [0.15, 0.2) is 0 Å². The third-order valence-corrected chi connectivity index (χ3v) is 3.66. The van der Waals surface area contributed by atoms with Gasteiger partial charge in [0, 0.05) is 32.2 Å². The van der Waals surface area contributed by atoms with Crippen LogP contribution in [0.25, 0.3) is 0 Å². The maximum Gasteiger partial charge on any atom is 0.410 e. The van der Waals surface area contributed by atoms with Crippen LogP contribution in [-0.2, 0) is 9.53 Å². The van der Waals surface area contributed by atoms with Crippen LogP contribution in [0.4, 0.5) is 4.79 Å². The maximum atomic E-state index is 12.2. The third kappa shape index (κ3) is 3.42. The Kier molecular flexibility index (Phi) is 4.22. The molecule has 2 heterocycles. The molecule has 20 heavy (non-hydrogen) atoms. The molecule has 6 heteroatoms. The van der Waals surface area contributed by atoms with E-state index in [-0.39, 0.29) is 24.1 Å². The monoisotopic (exact) mass is 283 g/mol. The molecule has 0 aliphatic carbocycles. The first kappa shape index (κ1) is 15.1. The fraction of sp³-hybridized carbons (Fsp3) is 0.857. The molecule has 0 aromatic rings. The summed E-state index contributed by atoms with van der Waals surface area (Å²) in [6.45, 7) is 10.2. The fourth-order valence-corrected chi connectivity index (χ4v) is 2.36. The number of hydrogen-bond donors (Lipinski definition) is 1. The van der Waals surface area contributed by atoms with Gasteiger partial charge in [0.1, 0.15) is 11.6 Å². The molecule has 0 radical (unpaired) electrons. The van der Waals surface area contributed by atoms with Crippen molar-refractivity contribution in [3.05, 3.63) is 0 Å². The van der Waals surface area contributed by atoms with Crippen molar-refractivity contribution in [3.63, 3.8) is 0 Å². The molecule has 2 atom stereocenters. The van der Waals surface area contributed by atoms with Crippen LogP contribution in [-0.4, -0.2) is 65.7 Å². The molecule has 2 rings (SSSR count). The lowest BCUT2D eigenvalue weighted by molar-refractivity contribution is -0.138. The molecule has 0 bridgehead atoms. The summed E-state index contributed by atoms with van der Waals surface area (Å²) in [5.41, 5.74) is -0.515. The molecule has 0 spiro atoms. The van der Waals surface area contributed by atoms with Gasteiger partial charge < -0.3 is 19.9 Å². The van der Waals surface area contributed by atoms with Crippen LogP contribution in [0.3, 0.4) is 0 Å². The van der Waals surface area contributed by atoms with E-state index in [1.165, 1.54) is 0 Å². The second kappa shape index (κ2) is 5.60. The maximum absolute atomic E-state index is 12.2. The van der Waals surface area contributed by atoms with Crippen molar-refractivity contribution < 1.29 is 14.3 Å². The van der Waals surface area contributed by atoms with E-state index in [2.05, 4.69) is 5.32 Å². The first-order valence-electron chi connectivity index (χ1n) is 7.30. The van der Waals surface area contributed by atoms with Gasteiger partial charge in [0.2, 0.25) is 5.91 Å². The predicted octanol–water partition coefficient (Wildman–Crippen LogP) is 0.816. The summed E-state index contributed by atoms with van der Waals surface area (Å²) in [5, 5.41) is 3.22. The van der Waals surface area contributed by atoms with Crippen LogP contribution >= 0.6 is 0 Å². The number of likely N-dealkylation sites (tertiary alicyclic amines) is 1. The molecule has 6 nitrogen and oxygen atoms in total. The van der Waals surface area contributed by atoms with Crippen LogP contribution in [0.1, 0.15) is 34.1 Å². The molecule has 2 fully saturated rings. The van der Waals surface area contributed by atoms with E-state index in [1.807, 2.05) is 32.6 Å². The third-order valence-electron chi connectivity index (χ3n) is 3.66. The Morgan fingerprint density at radius 1 is 1.25 bits per heavy atom. The van der Waals surface area contributed by atoms with Gasteiger partial charge in [-0.25, -0.2) is 4.79 Å². The number of piperazine rings is 1. The van der Waals surface area contributed by atoms with Crippen molar-refractivity contribution in [2.24, 2.45) is 0 Å². The first-order chi connectivity index (χ1) is 9.28. The van der Waals surface area contributed by atoms with E-state index in [9.17, 15) is 9.59 Å². The topological polar surface area (TPSA) is 61.9 Å². The molecule has 114 valence electrons. The molecule has 0 unspecified atom stereocenters. The Hall–Kier alpha value is -1.30. The minimum atomic E-state index is -0.515. The fourth-order valence-electron chi connectivity index (χ4n) is 2.36. The average molecular weight is 283 g/mol. The normalized spacial score (nSPS) is 27.0. The summed E-state index contributed by atoms with van der Waals surface area (Å²) in [6.07, 6.45) is 0.734. The first-order valence-corrected chi connectivity index (χ1v) is 7.30. The van der Waals surface area contributed by atoms with Crippen molar-refractivity contribution in [1.82, 2.24) is 15.1 Å². The lowest BCUT2D eigenvalue weighted by Crippen LogP contribution is -2.63. The minimum absolute atomic E-state index is 0.0327. The number of hydrogen-bond acceptors (Lipinski definition) is 4. The highest BCUT2D eigenvalue weighted by molar-refractivity contribution is 5.83. The van der Waals surface area contributed by atoms with Crippen molar-refractivity contribution in [3.8, 4) is 0 Å². The van der Waals surface area contributed by atoms with E-state index in [0.29, 0.717) is 13.1 Å². The summed E-state index contributed by atoms with van der Waals surface area (Å²) >= 11 is 0. The quantitative estimate of drug-likeness (QED) is 0.774. The van der Waals surface area contributed by atoms with Gasteiger partial charge >= 0.3 is 6.09 Å². The van der Waals surface area contributed by atoms with Gasteiger partial charge in [-0.05, 0) is 34.1 Å². The Morgan fingerprint density at radius 2 is 1.90 bits per heavy atom. The van der Waals surface area contributed by atoms with Gasteiger partial charge in [-0.15, -0.1) is 0 Å². The molecule has 0 aromatic heterocycles. The van der Waals surface area contributed by atoms with Crippen LogP contribution in [0.5, 0.6) is 0 Å². The number of carbonyl (C=O) groups excluding carboxylic acids is 2. The van der Waals surface area contributed by atoms with E-state index in [0.717, 1.165) is 19.5 Å². The zero-order valence-electron chi connectivity index (χ0n) is 12.8. The summed E-state index contributed by atoms with van der Waals surface area (Å²) in [6, 6.07) is -0.274. The summed E-state index contributed by atoms with van der Waals surface area (Å²) in [5.74, 6) is 0.0942. The largest absolute Gasteiger partial charge is 0.444 e. The number of nitrogens with zero attached hydrogens (tertiary/aromatic N) is 2. The highest BCUT2D eigenvalue weighted by atomic mass is 16.6. The van der Waals surface area contributed by atoms with E-state index in [4.69, 9.17) is 4.74 Å². The molecular formula is C14H25N3O3. The SMILES string of the molecule is C[C@@H]1CN[C@@H](C(=O)N2CCC2)CN1C(=O)OC(C)(C)C. The summed E-state index contributed by atoms with van der Waals surface area (Å²) < 4.78 is 5.41. The van der Waals surface area contributed by atoms with Gasteiger partial charge in [-0.3, -0.25) is 4.79 Å². The minimum Gasteiger partial charge on any atom is -0.444 e. The second-order valence-electron chi connectivity index (χ2n) is 6.62. The zero-order chi connectivity index (χ0) is 14.9. The van der Waals surface area contributed by atoms with Gasteiger partial charge in [-0.2, -0.15) is 0 Å². The molecular weight excluding hydrogens is 258 g/mol. The zero-order valence-corrected chi connectivity index (χ0v) is 12.8. The van der Waals surface area contributed by atoms with Gasteiger partial charge in [0.05, 0.1) is 0 Å². The van der Waals surface area contributed by atoms with Crippen molar-refractivity contribution in [1.29, 1.82) is 0 Å². The number of amides is 2. The predicted molar refractivity (Wildman–Crippen MR) is 75.4 cm³/mol. The molecule has 2 amide bonds. The van der Waals surface area contributed by atoms with E-state index < -0.39 is 5.60 Å². The molecule has 2 aliphatic rings. The second-order valence-corrected chi connectivity index (χ2v) is 6.62. The molecule has 0 saturated carbocycles. The van der Waals surface area contributed by atoms with E-state index in [1.54, 1.807) is 4.90 Å². The number of ether oxygens (including phenoxy) is 1. The average Bonchev–Trinajstić information content (AvgIpc) is 2.24. The van der Waals surface area contributed by atoms with Crippen molar-refractivity contribution >= 4 is 12.0 Å². The smallest absolute Gasteiger partial charge is 0.410 e. The van der Waals surface area contributed by atoms with E-state index >= 15 is 0 Å². The van der Waals surface area contributed by atoms with Crippen LogP contribution in [0, 0.1) is 0 Å². The number of rotatable bonds is 1. The Balaban J connectivity index is 1.97. The Labute approximate surface area is 120 Å². The highest BCUT2D eigenvalue weighted by Crippen LogP contribution is 2.16. The number of nitrogens with one attached hydrogen (secondary N) is 1. The summed E-state index contributed by atoms with van der Waals surface area (Å²) in [7, 11) is 0. The standard InChI is InChI=1S/C14H25N3O3/c1-10-8-15-11(12(18)16-6-5-7-16)9-17(10)13(19)20-14(2,3)4/h10-11,15H,5-9H2,1-4H3/t10-,11-/m1/s1. The highest BCUT2D eigenvalue weighted by Gasteiger charge is 2.37. The van der Waals surface area contributed by atoms with Gasteiger partial charge in [-0.1, -0.05) is 0 Å². The van der Waals surface area contributed by atoms with Crippen molar-refractivity contribution in [2.45, 2.75) is 51.8 Å². The van der Waals surface area contributed by atoms with Crippen molar-refractivity contribution in [2.75, 3.05) is 26.2 Å². The Bertz CT molecular complexity index is 388. The molecule has 2 aliphatic heterocycles.